The van der Waals surface area contributed by atoms with E-state index in [1.807, 2.05) is 6.07 Å². The number of nitrogens with zero attached hydrogens (tertiary/aromatic N) is 2. The zero-order valence-corrected chi connectivity index (χ0v) is 15.8. The standard InChI is InChI=1S/C18H12F3N3O5S/c19-18(20,21)11-6-12-15(13(7-11)24(27)28)30-17(23(12)26)16(25)22-8-9-1-2-14-10(5-9)3-4-29-14/h1-2,5-7H,3-4,8H2,(H,22,25). The number of rotatable bonds is 4. The number of nitro benzene ring substituents is 1. The fourth-order valence-corrected chi connectivity index (χ4v) is 4.17. The molecule has 0 saturated carbocycles. The predicted molar refractivity (Wildman–Crippen MR) is 99.3 cm³/mol. The third-order valence-corrected chi connectivity index (χ3v) is 5.74. The van der Waals surface area contributed by atoms with Gasteiger partial charge in [-0.1, -0.05) is 12.1 Å². The first-order chi connectivity index (χ1) is 14.1. The van der Waals surface area contributed by atoms with Crippen LogP contribution in [0.1, 0.15) is 26.5 Å². The molecule has 0 saturated heterocycles. The van der Waals surface area contributed by atoms with Crippen LogP contribution in [0.5, 0.6) is 5.75 Å². The smallest absolute Gasteiger partial charge is 0.416 e. The fourth-order valence-electron chi connectivity index (χ4n) is 3.15. The van der Waals surface area contributed by atoms with Crippen molar-refractivity contribution in [1.82, 2.24) is 5.32 Å². The number of thiazole rings is 1. The second-order valence-corrected chi connectivity index (χ2v) is 7.52. The van der Waals surface area contributed by atoms with Crippen molar-refractivity contribution in [2.75, 3.05) is 6.61 Å². The molecule has 0 fully saturated rings. The molecule has 12 heteroatoms. The Morgan fingerprint density at radius 3 is 2.77 bits per heavy atom. The number of fused-ring (bicyclic) bond motifs is 2. The largest absolute Gasteiger partial charge is 0.617 e. The molecule has 1 N–H and O–H groups in total. The number of ether oxygens (including phenoxy) is 1. The zero-order valence-electron chi connectivity index (χ0n) is 15.0. The van der Waals surface area contributed by atoms with E-state index in [9.17, 15) is 33.3 Å². The highest BCUT2D eigenvalue weighted by Gasteiger charge is 2.37. The molecule has 3 aromatic rings. The Hall–Kier alpha value is -3.41. The van der Waals surface area contributed by atoms with E-state index in [-0.39, 0.29) is 16.0 Å². The van der Waals surface area contributed by atoms with Gasteiger partial charge in [0.2, 0.25) is 5.52 Å². The van der Waals surface area contributed by atoms with Gasteiger partial charge < -0.3 is 15.3 Å². The Bertz CT molecular complexity index is 1190. The van der Waals surface area contributed by atoms with Crippen molar-refractivity contribution >= 4 is 33.1 Å². The topological polar surface area (TPSA) is 108 Å². The lowest BCUT2D eigenvalue weighted by molar-refractivity contribution is -0.574. The minimum absolute atomic E-state index is 0.00585. The van der Waals surface area contributed by atoms with Crippen LogP contribution in [0.2, 0.25) is 0 Å². The maximum Gasteiger partial charge on any atom is 0.416 e. The lowest BCUT2D eigenvalue weighted by Crippen LogP contribution is -2.37. The van der Waals surface area contributed by atoms with Gasteiger partial charge in [0, 0.05) is 25.1 Å². The van der Waals surface area contributed by atoms with Gasteiger partial charge in [-0.05, 0) is 28.5 Å². The lowest BCUT2D eigenvalue weighted by atomic mass is 10.1. The molecule has 156 valence electrons. The Labute approximate surface area is 170 Å². The maximum atomic E-state index is 13.0. The zero-order chi connectivity index (χ0) is 21.6. The number of carbonyl (C=O) groups excluding carboxylic acids is 1. The van der Waals surface area contributed by atoms with Gasteiger partial charge >= 0.3 is 17.1 Å². The van der Waals surface area contributed by atoms with Gasteiger partial charge in [0.15, 0.2) is 4.70 Å². The molecule has 1 aromatic heterocycles. The highest BCUT2D eigenvalue weighted by Crippen LogP contribution is 2.37. The highest BCUT2D eigenvalue weighted by atomic mass is 32.1. The van der Waals surface area contributed by atoms with Crippen LogP contribution in [0.25, 0.3) is 10.2 Å². The SMILES string of the molecule is O=C(NCc1ccc2c(c1)CCO2)c1sc2c([N+](=O)[O-])cc(C(F)(F)F)cc2[n+]1[O-]. The molecule has 0 unspecified atom stereocenters. The number of aromatic nitrogens is 1. The summed E-state index contributed by atoms with van der Waals surface area (Å²) >= 11 is 0.471. The number of carbonyl (C=O) groups is 1. The fraction of sp³-hybridized carbons (Fsp3) is 0.222. The van der Waals surface area contributed by atoms with Crippen LogP contribution < -0.4 is 14.8 Å². The van der Waals surface area contributed by atoms with Gasteiger partial charge in [-0.25, -0.2) is 0 Å². The van der Waals surface area contributed by atoms with E-state index in [2.05, 4.69) is 5.32 Å². The van der Waals surface area contributed by atoms with E-state index < -0.39 is 38.8 Å². The summed E-state index contributed by atoms with van der Waals surface area (Å²) in [6.07, 6.45) is -4.15. The van der Waals surface area contributed by atoms with E-state index in [0.29, 0.717) is 30.1 Å². The summed E-state index contributed by atoms with van der Waals surface area (Å²) in [6, 6.07) is 6.20. The molecule has 0 atom stereocenters. The molecular weight excluding hydrogens is 427 g/mol. The molecule has 0 spiro atoms. The highest BCUT2D eigenvalue weighted by molar-refractivity contribution is 7.20. The van der Waals surface area contributed by atoms with Crippen LogP contribution >= 0.6 is 11.3 Å². The van der Waals surface area contributed by atoms with E-state index in [1.54, 1.807) is 12.1 Å². The Kier molecular flexibility index (Phi) is 4.73. The summed E-state index contributed by atoms with van der Waals surface area (Å²) in [5, 5.41) is 25.7. The number of non-ortho nitro benzene ring substituents is 1. The Balaban J connectivity index is 1.65. The van der Waals surface area contributed by atoms with Crippen molar-refractivity contribution in [3.05, 3.63) is 67.4 Å². The summed E-state index contributed by atoms with van der Waals surface area (Å²) in [5.74, 6) is -0.0782. The van der Waals surface area contributed by atoms with Crippen LogP contribution in [0, 0.1) is 15.3 Å². The summed E-state index contributed by atoms with van der Waals surface area (Å²) in [6.45, 7) is 0.637. The van der Waals surface area contributed by atoms with Crippen molar-refractivity contribution in [1.29, 1.82) is 0 Å². The van der Waals surface area contributed by atoms with E-state index >= 15 is 0 Å². The number of nitrogens with one attached hydrogen (secondary N) is 1. The van der Waals surface area contributed by atoms with Crippen LogP contribution in [0.4, 0.5) is 18.9 Å². The second-order valence-electron chi connectivity index (χ2n) is 6.52. The molecule has 0 bridgehead atoms. The number of halogens is 3. The van der Waals surface area contributed by atoms with Crippen molar-refractivity contribution in [2.24, 2.45) is 0 Å². The summed E-state index contributed by atoms with van der Waals surface area (Å²) in [5.41, 5.74) is -1.07. The maximum absolute atomic E-state index is 13.0. The van der Waals surface area contributed by atoms with E-state index in [4.69, 9.17) is 4.74 Å². The molecule has 8 nitrogen and oxygen atoms in total. The summed E-state index contributed by atoms with van der Waals surface area (Å²) in [4.78, 5) is 22.7. The van der Waals surface area contributed by atoms with Crippen molar-refractivity contribution in [3.8, 4) is 5.75 Å². The van der Waals surface area contributed by atoms with Crippen LogP contribution in [-0.4, -0.2) is 17.4 Å². The molecular formula is C18H12F3N3O5S. The molecule has 2 heterocycles. The van der Waals surface area contributed by atoms with Crippen LogP contribution in [0.3, 0.4) is 0 Å². The monoisotopic (exact) mass is 439 g/mol. The van der Waals surface area contributed by atoms with Gasteiger partial charge in [-0.2, -0.15) is 13.2 Å². The molecule has 1 aliphatic heterocycles. The number of nitro groups is 1. The normalized spacial score (nSPS) is 13.2. The molecule has 1 amide bonds. The minimum atomic E-state index is -4.88. The minimum Gasteiger partial charge on any atom is -0.617 e. The van der Waals surface area contributed by atoms with Crippen molar-refractivity contribution in [3.63, 3.8) is 0 Å². The first-order valence-corrected chi connectivity index (χ1v) is 9.41. The van der Waals surface area contributed by atoms with Crippen LogP contribution in [0.15, 0.2) is 30.3 Å². The van der Waals surface area contributed by atoms with Gasteiger partial charge in [0.1, 0.15) is 5.75 Å². The number of hydrogen-bond donors (Lipinski definition) is 1. The van der Waals surface area contributed by atoms with E-state index in [0.717, 1.165) is 23.3 Å². The van der Waals surface area contributed by atoms with Crippen molar-refractivity contribution < 1.29 is 32.4 Å². The lowest BCUT2D eigenvalue weighted by Gasteiger charge is -2.06. The number of hydrogen-bond acceptors (Lipinski definition) is 6. The molecule has 0 radical (unpaired) electrons. The molecule has 2 aromatic carbocycles. The van der Waals surface area contributed by atoms with Gasteiger partial charge in [-0.3, -0.25) is 14.9 Å². The third kappa shape index (κ3) is 3.49. The first-order valence-electron chi connectivity index (χ1n) is 8.59. The molecule has 1 aliphatic rings. The second kappa shape index (κ2) is 7.13. The van der Waals surface area contributed by atoms with Gasteiger partial charge in [0.05, 0.1) is 17.1 Å². The van der Waals surface area contributed by atoms with E-state index in [1.165, 1.54) is 0 Å². The first kappa shape index (κ1) is 19.9. The van der Waals surface area contributed by atoms with Gasteiger partial charge in [0.25, 0.3) is 5.69 Å². The van der Waals surface area contributed by atoms with Crippen molar-refractivity contribution in [2.45, 2.75) is 19.1 Å². The third-order valence-electron chi connectivity index (χ3n) is 4.58. The van der Waals surface area contributed by atoms with Crippen LogP contribution in [-0.2, 0) is 19.1 Å². The Morgan fingerprint density at radius 1 is 1.30 bits per heavy atom. The summed E-state index contributed by atoms with van der Waals surface area (Å²) in [7, 11) is 0. The average Bonchev–Trinajstić information content (AvgIpc) is 3.28. The molecule has 4 rings (SSSR count). The van der Waals surface area contributed by atoms with Gasteiger partial charge in [-0.15, -0.1) is 4.73 Å². The number of alkyl halides is 3. The molecule has 0 aliphatic carbocycles. The predicted octanol–water partition coefficient (Wildman–Crippen LogP) is 3.33. The number of benzene rings is 2. The molecule has 30 heavy (non-hydrogen) atoms. The average molecular weight is 439 g/mol. The Morgan fingerprint density at radius 2 is 2.07 bits per heavy atom. The number of amides is 1. The quantitative estimate of drug-likeness (QED) is 0.290. The summed E-state index contributed by atoms with van der Waals surface area (Å²) < 4.78 is 44.2.